The third-order valence-electron chi connectivity index (χ3n) is 6.97. The summed E-state index contributed by atoms with van der Waals surface area (Å²) in [6.45, 7) is 0. The molecule has 5 rings (SSSR count). The summed E-state index contributed by atoms with van der Waals surface area (Å²) >= 11 is 6.31. The van der Waals surface area contributed by atoms with Gasteiger partial charge in [0.05, 0.1) is 14.2 Å². The summed E-state index contributed by atoms with van der Waals surface area (Å²) in [5, 5.41) is 0.745. The maximum absolute atomic E-state index is 6.31. The monoisotopic (exact) mass is 466 g/mol. The molecule has 0 spiro atoms. The summed E-state index contributed by atoms with van der Waals surface area (Å²) in [6.07, 6.45) is 3.29. The van der Waals surface area contributed by atoms with Crippen molar-refractivity contribution >= 4 is 17.2 Å². The van der Waals surface area contributed by atoms with Gasteiger partial charge in [-0.3, -0.25) is 0 Å². The van der Waals surface area contributed by atoms with Gasteiger partial charge in [-0.05, 0) is 70.6 Å². The third-order valence-corrected chi connectivity index (χ3v) is 7.22. The number of allylic oxidation sites excluding steroid dienone is 2. The highest BCUT2D eigenvalue weighted by Crippen LogP contribution is 2.58. The zero-order chi connectivity index (χ0) is 23.5. The van der Waals surface area contributed by atoms with Gasteiger partial charge in [-0.1, -0.05) is 84.4 Å². The average Bonchev–Trinajstić information content (AvgIpc) is 3.31. The molecule has 2 atom stereocenters. The number of benzene rings is 4. The first-order chi connectivity index (χ1) is 16.7. The number of hydrogen-bond acceptors (Lipinski definition) is 2. The molecule has 0 amide bonds. The Morgan fingerprint density at radius 3 is 1.82 bits per heavy atom. The first kappa shape index (κ1) is 22.3. The van der Waals surface area contributed by atoms with E-state index in [4.69, 9.17) is 21.1 Å². The largest absolute Gasteiger partial charge is 0.497 e. The zero-order valence-electron chi connectivity index (χ0n) is 19.4. The Morgan fingerprint density at radius 1 is 0.676 bits per heavy atom. The molecule has 170 valence electrons. The Hall–Kier alpha value is -3.49. The van der Waals surface area contributed by atoms with Crippen molar-refractivity contribution in [3.05, 3.63) is 136 Å². The van der Waals surface area contributed by atoms with Crippen molar-refractivity contribution in [2.45, 2.75) is 17.8 Å². The summed E-state index contributed by atoms with van der Waals surface area (Å²) in [6, 6.07) is 36.1. The van der Waals surface area contributed by atoms with Crippen LogP contribution in [0.15, 0.2) is 109 Å². The van der Waals surface area contributed by atoms with Crippen LogP contribution in [0, 0.1) is 0 Å². The lowest BCUT2D eigenvalue weighted by atomic mass is 9.63. The molecule has 4 aromatic rings. The molecule has 0 heterocycles. The zero-order valence-corrected chi connectivity index (χ0v) is 20.1. The van der Waals surface area contributed by atoms with Crippen LogP contribution in [0.4, 0.5) is 0 Å². The van der Waals surface area contributed by atoms with Crippen LogP contribution in [0.3, 0.4) is 0 Å². The van der Waals surface area contributed by atoms with Crippen LogP contribution >= 0.6 is 11.6 Å². The van der Waals surface area contributed by atoms with Crippen LogP contribution in [-0.2, 0) is 5.41 Å². The summed E-state index contributed by atoms with van der Waals surface area (Å²) in [7, 11) is 3.40. The first-order valence-electron chi connectivity index (χ1n) is 11.5. The number of halogens is 1. The molecule has 0 N–H and O–H groups in total. The van der Waals surface area contributed by atoms with Gasteiger partial charge in [0.1, 0.15) is 11.5 Å². The highest BCUT2D eigenvalue weighted by molar-refractivity contribution is 6.30. The van der Waals surface area contributed by atoms with E-state index in [1.54, 1.807) is 14.2 Å². The van der Waals surface area contributed by atoms with Crippen molar-refractivity contribution < 1.29 is 9.47 Å². The van der Waals surface area contributed by atoms with E-state index in [-0.39, 0.29) is 11.3 Å². The standard InChI is InChI=1S/C31H27ClO2/c1-33-27-16-8-22(9-17-27)29-20-21-31(24-6-4-3-5-7-24,25-12-14-26(32)15-13-25)30(29)23-10-18-28(34-2)19-11-23/h3-20,30H,21H2,1-2H3. The molecule has 2 unspecified atom stereocenters. The Labute approximate surface area is 206 Å². The highest BCUT2D eigenvalue weighted by atomic mass is 35.5. The first-order valence-corrected chi connectivity index (χ1v) is 11.8. The lowest BCUT2D eigenvalue weighted by molar-refractivity contribution is 0.414. The Morgan fingerprint density at radius 2 is 1.24 bits per heavy atom. The van der Waals surface area contributed by atoms with Crippen molar-refractivity contribution in [3.63, 3.8) is 0 Å². The van der Waals surface area contributed by atoms with Gasteiger partial charge in [-0.25, -0.2) is 0 Å². The number of ether oxygens (including phenoxy) is 2. The van der Waals surface area contributed by atoms with Gasteiger partial charge in [-0.15, -0.1) is 0 Å². The van der Waals surface area contributed by atoms with Crippen LogP contribution in [0.1, 0.15) is 34.6 Å². The van der Waals surface area contributed by atoms with E-state index < -0.39 is 0 Å². The van der Waals surface area contributed by atoms with E-state index in [1.165, 1.54) is 27.8 Å². The van der Waals surface area contributed by atoms with Crippen LogP contribution < -0.4 is 9.47 Å². The Balaban J connectivity index is 1.74. The maximum atomic E-state index is 6.31. The van der Waals surface area contributed by atoms with Crippen molar-refractivity contribution in [2.24, 2.45) is 0 Å². The molecule has 4 aromatic carbocycles. The number of hydrogen-bond donors (Lipinski definition) is 0. The van der Waals surface area contributed by atoms with E-state index >= 15 is 0 Å². The Kier molecular flexibility index (Phi) is 6.17. The molecule has 0 bridgehead atoms. The van der Waals surface area contributed by atoms with Gasteiger partial charge < -0.3 is 9.47 Å². The van der Waals surface area contributed by atoms with Crippen LogP contribution in [-0.4, -0.2) is 14.2 Å². The van der Waals surface area contributed by atoms with Gasteiger partial charge in [0.15, 0.2) is 0 Å². The van der Waals surface area contributed by atoms with Crippen LogP contribution in [0.2, 0.25) is 5.02 Å². The molecular formula is C31H27ClO2. The second kappa shape index (κ2) is 9.40. The molecule has 0 saturated carbocycles. The number of rotatable bonds is 6. The van der Waals surface area contributed by atoms with E-state index in [0.717, 1.165) is 22.9 Å². The van der Waals surface area contributed by atoms with Gasteiger partial charge in [0, 0.05) is 16.4 Å². The minimum absolute atomic E-state index is 0.107. The molecule has 34 heavy (non-hydrogen) atoms. The van der Waals surface area contributed by atoms with E-state index in [2.05, 4.69) is 84.9 Å². The molecule has 3 heteroatoms. The molecular weight excluding hydrogens is 440 g/mol. The van der Waals surface area contributed by atoms with Crippen LogP contribution in [0.25, 0.3) is 5.57 Å². The van der Waals surface area contributed by atoms with Crippen LogP contribution in [0.5, 0.6) is 11.5 Å². The normalized spacial score (nSPS) is 19.5. The van der Waals surface area contributed by atoms with Gasteiger partial charge in [-0.2, -0.15) is 0 Å². The fourth-order valence-corrected chi connectivity index (χ4v) is 5.45. The summed E-state index contributed by atoms with van der Waals surface area (Å²) in [5.74, 6) is 1.82. The van der Waals surface area contributed by atoms with Crippen molar-refractivity contribution in [1.82, 2.24) is 0 Å². The smallest absolute Gasteiger partial charge is 0.118 e. The quantitative estimate of drug-likeness (QED) is 0.287. The van der Waals surface area contributed by atoms with Crippen molar-refractivity contribution in [1.29, 1.82) is 0 Å². The third kappa shape index (κ3) is 3.89. The van der Waals surface area contributed by atoms with E-state index in [1.807, 2.05) is 24.3 Å². The van der Waals surface area contributed by atoms with E-state index in [0.29, 0.717) is 0 Å². The van der Waals surface area contributed by atoms with E-state index in [9.17, 15) is 0 Å². The average molecular weight is 467 g/mol. The minimum atomic E-state index is -0.268. The van der Waals surface area contributed by atoms with Gasteiger partial charge in [0.25, 0.3) is 0 Å². The molecule has 1 aliphatic carbocycles. The number of methoxy groups -OCH3 is 2. The Bertz CT molecular complexity index is 1280. The molecule has 2 nitrogen and oxygen atoms in total. The molecule has 0 fully saturated rings. The fraction of sp³-hybridized carbons (Fsp3) is 0.161. The fourth-order valence-electron chi connectivity index (χ4n) is 5.32. The minimum Gasteiger partial charge on any atom is -0.497 e. The molecule has 0 aromatic heterocycles. The predicted molar refractivity (Wildman–Crippen MR) is 140 cm³/mol. The lowest BCUT2D eigenvalue weighted by Crippen LogP contribution is -2.32. The SMILES string of the molecule is COc1ccc(C2=CCC(c3ccccc3)(c3ccc(Cl)cc3)C2c2ccc(OC)cc2)cc1. The van der Waals surface area contributed by atoms with Gasteiger partial charge in [0.2, 0.25) is 0 Å². The topological polar surface area (TPSA) is 18.5 Å². The van der Waals surface area contributed by atoms with Gasteiger partial charge >= 0.3 is 0 Å². The summed E-state index contributed by atoms with van der Waals surface area (Å²) < 4.78 is 10.9. The molecule has 0 radical (unpaired) electrons. The summed E-state index contributed by atoms with van der Waals surface area (Å²) in [4.78, 5) is 0. The second-order valence-electron chi connectivity index (χ2n) is 8.64. The molecule has 1 aliphatic rings. The predicted octanol–water partition coefficient (Wildman–Crippen LogP) is 7.91. The lowest BCUT2D eigenvalue weighted by Gasteiger charge is -2.39. The second-order valence-corrected chi connectivity index (χ2v) is 9.08. The highest BCUT2D eigenvalue weighted by Gasteiger charge is 2.47. The molecule has 0 aliphatic heterocycles. The van der Waals surface area contributed by atoms with Crippen molar-refractivity contribution in [3.8, 4) is 11.5 Å². The maximum Gasteiger partial charge on any atom is 0.118 e. The van der Waals surface area contributed by atoms with Crippen molar-refractivity contribution in [2.75, 3.05) is 14.2 Å². The molecule has 0 saturated heterocycles. The summed E-state index contributed by atoms with van der Waals surface area (Å²) in [5.41, 5.74) is 6.04.